The molecule has 0 aromatic heterocycles. The Balaban J connectivity index is 2.08. The van der Waals surface area contributed by atoms with E-state index in [4.69, 9.17) is 5.73 Å². The lowest BCUT2D eigenvalue weighted by atomic mass is 9.98. The Morgan fingerprint density at radius 2 is 1.82 bits per heavy atom. The first-order valence-electron chi connectivity index (χ1n) is 6.64. The second kappa shape index (κ2) is 5.19. The summed E-state index contributed by atoms with van der Waals surface area (Å²) in [5, 5.41) is 0. The van der Waals surface area contributed by atoms with Gasteiger partial charge < -0.3 is 5.73 Å². The van der Waals surface area contributed by atoms with E-state index >= 15 is 0 Å². The Labute approximate surface area is 105 Å². The van der Waals surface area contributed by atoms with Crippen molar-refractivity contribution in [3.63, 3.8) is 0 Å². The van der Waals surface area contributed by atoms with Gasteiger partial charge in [-0.25, -0.2) is 0 Å². The molecule has 1 atom stereocenters. The molecule has 1 unspecified atom stereocenters. The highest BCUT2D eigenvalue weighted by Crippen LogP contribution is 2.25. The van der Waals surface area contributed by atoms with E-state index in [0.717, 1.165) is 25.9 Å². The quantitative estimate of drug-likeness (QED) is 0.849. The number of nitrogens with zero attached hydrogens (tertiary/aromatic N) is 1. The molecule has 0 amide bonds. The molecular formula is C15H24N2. The highest BCUT2D eigenvalue weighted by atomic mass is 15.2. The van der Waals surface area contributed by atoms with Gasteiger partial charge in [-0.1, -0.05) is 18.2 Å². The molecule has 2 rings (SSSR count). The zero-order valence-corrected chi connectivity index (χ0v) is 11.2. The van der Waals surface area contributed by atoms with Crippen LogP contribution in [-0.4, -0.2) is 24.0 Å². The molecule has 0 bridgehead atoms. The zero-order valence-electron chi connectivity index (χ0n) is 11.2. The molecule has 1 saturated heterocycles. The third-order valence-corrected chi connectivity index (χ3v) is 4.14. The average Bonchev–Trinajstić information content (AvgIpc) is 2.33. The van der Waals surface area contributed by atoms with E-state index in [0.29, 0.717) is 12.1 Å². The Kier molecular flexibility index (Phi) is 3.85. The second-order valence-corrected chi connectivity index (χ2v) is 5.39. The molecule has 0 radical (unpaired) electrons. The molecule has 0 saturated carbocycles. The Morgan fingerprint density at radius 1 is 1.18 bits per heavy atom. The van der Waals surface area contributed by atoms with Crippen LogP contribution in [0.15, 0.2) is 18.2 Å². The lowest BCUT2D eigenvalue weighted by Crippen LogP contribution is -2.40. The molecule has 1 aromatic carbocycles. The maximum absolute atomic E-state index is 5.95. The maximum Gasteiger partial charge on any atom is 0.0319 e. The number of aryl methyl sites for hydroxylation is 2. The number of hydrogen-bond donors (Lipinski definition) is 1. The SMILES string of the molecule is Cc1ccc(C(C)N2CCC(N)CC2)cc1C. The number of rotatable bonds is 2. The summed E-state index contributed by atoms with van der Waals surface area (Å²) in [5.74, 6) is 0. The highest BCUT2D eigenvalue weighted by Gasteiger charge is 2.21. The van der Waals surface area contributed by atoms with Crippen molar-refractivity contribution in [3.05, 3.63) is 34.9 Å². The van der Waals surface area contributed by atoms with Gasteiger partial charge in [0.15, 0.2) is 0 Å². The van der Waals surface area contributed by atoms with Crippen molar-refractivity contribution in [2.45, 2.75) is 45.7 Å². The van der Waals surface area contributed by atoms with Gasteiger partial charge >= 0.3 is 0 Å². The molecular weight excluding hydrogens is 208 g/mol. The molecule has 1 aliphatic heterocycles. The van der Waals surface area contributed by atoms with Gasteiger partial charge in [0.05, 0.1) is 0 Å². The lowest BCUT2D eigenvalue weighted by molar-refractivity contribution is 0.163. The van der Waals surface area contributed by atoms with Gasteiger partial charge in [0, 0.05) is 25.2 Å². The predicted molar refractivity (Wildman–Crippen MR) is 73.1 cm³/mol. The van der Waals surface area contributed by atoms with E-state index in [1.807, 2.05) is 0 Å². The minimum absolute atomic E-state index is 0.415. The third kappa shape index (κ3) is 2.88. The van der Waals surface area contributed by atoms with Gasteiger partial charge in [-0.05, 0) is 50.3 Å². The van der Waals surface area contributed by atoms with Gasteiger partial charge in [-0.3, -0.25) is 4.90 Å². The minimum atomic E-state index is 0.415. The van der Waals surface area contributed by atoms with Crippen LogP contribution in [0.25, 0.3) is 0 Å². The van der Waals surface area contributed by atoms with E-state index in [9.17, 15) is 0 Å². The van der Waals surface area contributed by atoms with Crippen LogP contribution in [0.3, 0.4) is 0 Å². The zero-order chi connectivity index (χ0) is 12.4. The van der Waals surface area contributed by atoms with Gasteiger partial charge in [-0.15, -0.1) is 0 Å². The van der Waals surface area contributed by atoms with Crippen LogP contribution in [0.5, 0.6) is 0 Å². The minimum Gasteiger partial charge on any atom is -0.328 e. The third-order valence-electron chi connectivity index (χ3n) is 4.14. The van der Waals surface area contributed by atoms with Crippen molar-refractivity contribution in [2.24, 2.45) is 5.73 Å². The number of piperidine rings is 1. The van der Waals surface area contributed by atoms with Crippen molar-refractivity contribution in [1.29, 1.82) is 0 Å². The van der Waals surface area contributed by atoms with E-state index in [1.54, 1.807) is 0 Å². The normalized spacial score (nSPS) is 20.5. The Morgan fingerprint density at radius 3 is 2.41 bits per heavy atom. The first-order chi connectivity index (χ1) is 8.08. The fraction of sp³-hybridized carbons (Fsp3) is 0.600. The molecule has 1 aromatic rings. The molecule has 0 aliphatic carbocycles. The number of hydrogen-bond acceptors (Lipinski definition) is 2. The van der Waals surface area contributed by atoms with Crippen LogP contribution in [-0.2, 0) is 0 Å². The summed E-state index contributed by atoms with van der Waals surface area (Å²) in [5.41, 5.74) is 10.2. The molecule has 17 heavy (non-hydrogen) atoms. The number of likely N-dealkylation sites (tertiary alicyclic amines) is 1. The molecule has 1 fully saturated rings. The van der Waals surface area contributed by atoms with E-state index in [1.165, 1.54) is 16.7 Å². The molecule has 0 spiro atoms. The van der Waals surface area contributed by atoms with Crippen molar-refractivity contribution in [2.75, 3.05) is 13.1 Å². The van der Waals surface area contributed by atoms with E-state index < -0.39 is 0 Å². The van der Waals surface area contributed by atoms with Crippen molar-refractivity contribution in [3.8, 4) is 0 Å². The summed E-state index contributed by atoms with van der Waals surface area (Å²) in [6.45, 7) is 8.94. The summed E-state index contributed by atoms with van der Waals surface area (Å²) >= 11 is 0. The van der Waals surface area contributed by atoms with E-state index in [-0.39, 0.29) is 0 Å². The van der Waals surface area contributed by atoms with Crippen LogP contribution < -0.4 is 5.73 Å². The fourth-order valence-corrected chi connectivity index (χ4v) is 2.54. The summed E-state index contributed by atoms with van der Waals surface area (Å²) in [6, 6.07) is 7.76. The fourth-order valence-electron chi connectivity index (χ4n) is 2.54. The second-order valence-electron chi connectivity index (χ2n) is 5.39. The van der Waals surface area contributed by atoms with Gasteiger partial charge in [0.1, 0.15) is 0 Å². The summed E-state index contributed by atoms with van der Waals surface area (Å²) in [4.78, 5) is 2.55. The van der Waals surface area contributed by atoms with Gasteiger partial charge in [0.25, 0.3) is 0 Å². The highest BCUT2D eigenvalue weighted by molar-refractivity contribution is 5.31. The van der Waals surface area contributed by atoms with Crippen LogP contribution in [0.1, 0.15) is 42.5 Å². The molecule has 1 aliphatic rings. The van der Waals surface area contributed by atoms with Crippen LogP contribution in [0.4, 0.5) is 0 Å². The summed E-state index contributed by atoms with van der Waals surface area (Å²) in [7, 11) is 0. The topological polar surface area (TPSA) is 29.3 Å². The largest absolute Gasteiger partial charge is 0.328 e. The molecule has 2 heteroatoms. The molecule has 2 N–H and O–H groups in total. The molecule has 2 nitrogen and oxygen atoms in total. The smallest absolute Gasteiger partial charge is 0.0319 e. The monoisotopic (exact) mass is 232 g/mol. The number of benzene rings is 1. The van der Waals surface area contributed by atoms with Crippen LogP contribution in [0, 0.1) is 13.8 Å². The van der Waals surface area contributed by atoms with Crippen molar-refractivity contribution < 1.29 is 0 Å². The van der Waals surface area contributed by atoms with Gasteiger partial charge in [0.2, 0.25) is 0 Å². The summed E-state index contributed by atoms with van der Waals surface area (Å²) < 4.78 is 0. The standard InChI is InChI=1S/C15H24N2/c1-11-4-5-14(10-12(11)2)13(3)17-8-6-15(16)7-9-17/h4-5,10,13,15H,6-9,16H2,1-3H3. The molecule has 1 heterocycles. The lowest BCUT2D eigenvalue weighted by Gasteiger charge is -2.35. The first kappa shape index (κ1) is 12.6. The molecule has 94 valence electrons. The maximum atomic E-state index is 5.95. The Hall–Kier alpha value is -0.860. The predicted octanol–water partition coefficient (Wildman–Crippen LogP) is 2.79. The van der Waals surface area contributed by atoms with Gasteiger partial charge in [-0.2, -0.15) is 0 Å². The van der Waals surface area contributed by atoms with Crippen molar-refractivity contribution in [1.82, 2.24) is 4.90 Å². The van der Waals surface area contributed by atoms with Crippen LogP contribution in [0.2, 0.25) is 0 Å². The Bertz CT molecular complexity index is 379. The van der Waals surface area contributed by atoms with Crippen molar-refractivity contribution >= 4 is 0 Å². The average molecular weight is 232 g/mol. The van der Waals surface area contributed by atoms with Crippen LogP contribution >= 0.6 is 0 Å². The van der Waals surface area contributed by atoms with E-state index in [2.05, 4.69) is 43.9 Å². The number of nitrogens with two attached hydrogens (primary N) is 1. The first-order valence-corrected chi connectivity index (χ1v) is 6.64. The summed E-state index contributed by atoms with van der Waals surface area (Å²) in [6.07, 6.45) is 2.27.